The Morgan fingerprint density at radius 2 is 1.57 bits per heavy atom. The highest BCUT2D eigenvalue weighted by Crippen LogP contribution is 2.33. The second-order valence-electron chi connectivity index (χ2n) is 5.24. The molecule has 21 heavy (non-hydrogen) atoms. The lowest BCUT2D eigenvalue weighted by molar-refractivity contribution is 0.121. The lowest BCUT2D eigenvalue weighted by Gasteiger charge is -2.27. The summed E-state index contributed by atoms with van der Waals surface area (Å²) in [6, 6.07) is 17.7. The predicted molar refractivity (Wildman–Crippen MR) is 91.5 cm³/mol. The van der Waals surface area contributed by atoms with E-state index in [1.165, 1.54) is 0 Å². The Hall–Kier alpha value is -1.06. The lowest BCUT2D eigenvalue weighted by Crippen LogP contribution is -2.31. The summed E-state index contributed by atoms with van der Waals surface area (Å²) in [5, 5.41) is 11.3. The summed E-state index contributed by atoms with van der Waals surface area (Å²) in [6.07, 6.45) is -0.507. The zero-order valence-corrected chi connectivity index (χ0v) is 13.8. The molecule has 0 heterocycles. The number of halogens is 2. The summed E-state index contributed by atoms with van der Waals surface area (Å²) >= 11 is 6.32. The number of rotatable bonds is 5. The van der Waals surface area contributed by atoms with Crippen molar-refractivity contribution >= 4 is 24.0 Å². The standard InChI is InChI=1S/C17H20ClNO.ClH/c1-19(2)12-16(20)17(13-8-4-3-5-9-13)14-10-6-7-11-15(14)18;/h3-11,16-17,20H,12H2,1-2H3;1H. The molecule has 4 heteroatoms. The van der Waals surface area contributed by atoms with Crippen LogP contribution in [0.15, 0.2) is 54.6 Å². The van der Waals surface area contributed by atoms with Crippen LogP contribution in [0, 0.1) is 0 Å². The van der Waals surface area contributed by atoms with E-state index in [0.29, 0.717) is 11.6 Å². The van der Waals surface area contributed by atoms with E-state index in [1.54, 1.807) is 0 Å². The molecule has 0 aliphatic rings. The van der Waals surface area contributed by atoms with Crippen molar-refractivity contribution < 1.29 is 5.11 Å². The minimum absolute atomic E-state index is 0. The van der Waals surface area contributed by atoms with Crippen LogP contribution in [-0.2, 0) is 0 Å². The van der Waals surface area contributed by atoms with Gasteiger partial charge in [-0.25, -0.2) is 0 Å². The second-order valence-corrected chi connectivity index (χ2v) is 5.65. The number of hydrogen-bond donors (Lipinski definition) is 1. The van der Waals surface area contributed by atoms with Crippen molar-refractivity contribution in [2.24, 2.45) is 0 Å². The minimum atomic E-state index is -0.507. The van der Waals surface area contributed by atoms with Crippen molar-refractivity contribution in [3.05, 3.63) is 70.7 Å². The highest BCUT2D eigenvalue weighted by atomic mass is 35.5. The zero-order valence-electron chi connectivity index (χ0n) is 12.2. The molecule has 2 unspecified atom stereocenters. The number of aliphatic hydroxyl groups is 1. The Bertz CT molecular complexity index is 545. The van der Waals surface area contributed by atoms with Gasteiger partial charge in [-0.1, -0.05) is 60.1 Å². The third-order valence-corrected chi connectivity index (χ3v) is 3.68. The maximum absolute atomic E-state index is 10.6. The van der Waals surface area contributed by atoms with Gasteiger partial charge in [-0.15, -0.1) is 12.4 Å². The highest BCUT2D eigenvalue weighted by Gasteiger charge is 2.25. The minimum Gasteiger partial charge on any atom is -0.391 e. The van der Waals surface area contributed by atoms with E-state index in [0.717, 1.165) is 11.1 Å². The monoisotopic (exact) mass is 325 g/mol. The van der Waals surface area contributed by atoms with Gasteiger partial charge in [-0.05, 0) is 31.3 Å². The van der Waals surface area contributed by atoms with Gasteiger partial charge in [0.2, 0.25) is 0 Å². The summed E-state index contributed by atoms with van der Waals surface area (Å²) in [6.45, 7) is 0.588. The smallest absolute Gasteiger partial charge is 0.0776 e. The molecule has 0 radical (unpaired) electrons. The van der Waals surface area contributed by atoms with Crippen molar-refractivity contribution in [2.45, 2.75) is 12.0 Å². The first kappa shape index (κ1) is 18.0. The van der Waals surface area contributed by atoms with E-state index < -0.39 is 6.10 Å². The molecule has 0 saturated carbocycles. The van der Waals surface area contributed by atoms with Gasteiger partial charge in [-0.3, -0.25) is 0 Å². The SMILES string of the molecule is CN(C)CC(O)C(c1ccccc1)c1ccccc1Cl.Cl. The van der Waals surface area contributed by atoms with Gasteiger partial charge in [0, 0.05) is 17.5 Å². The van der Waals surface area contributed by atoms with E-state index in [9.17, 15) is 5.11 Å². The normalized spacial score (nSPS) is 13.6. The quantitative estimate of drug-likeness (QED) is 0.903. The van der Waals surface area contributed by atoms with Crippen molar-refractivity contribution in [3.63, 3.8) is 0 Å². The molecule has 114 valence electrons. The third kappa shape index (κ3) is 4.72. The van der Waals surface area contributed by atoms with Crippen LogP contribution >= 0.6 is 24.0 Å². The van der Waals surface area contributed by atoms with Crippen LogP contribution in [0.5, 0.6) is 0 Å². The number of nitrogens with zero attached hydrogens (tertiary/aromatic N) is 1. The largest absolute Gasteiger partial charge is 0.391 e. The molecular formula is C17H21Cl2NO. The summed E-state index contributed by atoms with van der Waals surface area (Å²) < 4.78 is 0. The molecule has 0 aliphatic carbocycles. The average molecular weight is 326 g/mol. The second kappa shape index (κ2) is 8.40. The molecule has 0 bridgehead atoms. The number of hydrogen-bond acceptors (Lipinski definition) is 2. The highest BCUT2D eigenvalue weighted by molar-refractivity contribution is 6.31. The van der Waals surface area contributed by atoms with Crippen molar-refractivity contribution in [2.75, 3.05) is 20.6 Å². The van der Waals surface area contributed by atoms with E-state index >= 15 is 0 Å². The predicted octanol–water partition coefficient (Wildman–Crippen LogP) is 3.82. The molecular weight excluding hydrogens is 305 g/mol. The van der Waals surface area contributed by atoms with E-state index in [1.807, 2.05) is 73.6 Å². The fourth-order valence-electron chi connectivity index (χ4n) is 2.48. The Morgan fingerprint density at radius 1 is 1.00 bits per heavy atom. The first-order valence-corrected chi connectivity index (χ1v) is 7.09. The first-order valence-electron chi connectivity index (χ1n) is 6.71. The maximum Gasteiger partial charge on any atom is 0.0776 e. The summed E-state index contributed by atoms with van der Waals surface area (Å²) in [5.74, 6) is -0.118. The topological polar surface area (TPSA) is 23.5 Å². The molecule has 1 N–H and O–H groups in total. The molecule has 2 aromatic rings. The third-order valence-electron chi connectivity index (χ3n) is 3.34. The summed E-state index contributed by atoms with van der Waals surface area (Å²) in [4.78, 5) is 1.98. The molecule has 0 amide bonds. The van der Waals surface area contributed by atoms with Crippen LogP contribution in [0.25, 0.3) is 0 Å². The van der Waals surface area contributed by atoms with Crippen LogP contribution < -0.4 is 0 Å². The molecule has 0 aromatic heterocycles. The molecule has 2 rings (SSSR count). The molecule has 0 saturated heterocycles. The molecule has 0 fully saturated rings. The van der Waals surface area contributed by atoms with Crippen molar-refractivity contribution in [3.8, 4) is 0 Å². The van der Waals surface area contributed by atoms with Crippen molar-refractivity contribution in [1.82, 2.24) is 4.90 Å². The van der Waals surface area contributed by atoms with Crippen LogP contribution in [-0.4, -0.2) is 36.8 Å². The van der Waals surface area contributed by atoms with Gasteiger partial charge in [0.15, 0.2) is 0 Å². The van der Waals surface area contributed by atoms with Crippen LogP contribution in [0.3, 0.4) is 0 Å². The zero-order chi connectivity index (χ0) is 14.5. The van der Waals surface area contributed by atoms with Gasteiger partial charge in [0.05, 0.1) is 6.10 Å². The number of benzene rings is 2. The number of likely N-dealkylation sites (N-methyl/N-ethyl adjacent to an activating group) is 1. The van der Waals surface area contributed by atoms with Gasteiger partial charge in [0.1, 0.15) is 0 Å². The Kier molecular flexibility index (Phi) is 7.20. The Labute approximate surface area is 137 Å². The van der Waals surface area contributed by atoms with Gasteiger partial charge in [-0.2, -0.15) is 0 Å². The summed E-state index contributed by atoms with van der Waals surface area (Å²) in [7, 11) is 3.91. The fourth-order valence-corrected chi connectivity index (χ4v) is 2.73. The molecule has 2 aromatic carbocycles. The van der Waals surface area contributed by atoms with Crippen LogP contribution in [0.1, 0.15) is 17.0 Å². The number of aliphatic hydroxyl groups excluding tert-OH is 1. The summed E-state index contributed by atoms with van der Waals surface area (Å²) in [5.41, 5.74) is 2.05. The molecule has 2 nitrogen and oxygen atoms in total. The van der Waals surface area contributed by atoms with E-state index in [-0.39, 0.29) is 18.3 Å². The first-order chi connectivity index (χ1) is 9.59. The Morgan fingerprint density at radius 3 is 2.14 bits per heavy atom. The van der Waals surface area contributed by atoms with Crippen molar-refractivity contribution in [1.29, 1.82) is 0 Å². The maximum atomic E-state index is 10.6. The van der Waals surface area contributed by atoms with Crippen LogP contribution in [0.2, 0.25) is 5.02 Å². The van der Waals surface area contributed by atoms with E-state index in [2.05, 4.69) is 0 Å². The molecule has 2 atom stereocenters. The van der Waals surface area contributed by atoms with Gasteiger partial charge < -0.3 is 10.0 Å². The lowest BCUT2D eigenvalue weighted by atomic mass is 9.86. The molecule has 0 aliphatic heterocycles. The average Bonchev–Trinajstić information content (AvgIpc) is 2.42. The molecule has 0 spiro atoms. The Balaban J connectivity index is 0.00000220. The fraction of sp³-hybridized carbons (Fsp3) is 0.294. The van der Waals surface area contributed by atoms with E-state index in [4.69, 9.17) is 11.6 Å². The van der Waals surface area contributed by atoms with Gasteiger partial charge in [0.25, 0.3) is 0 Å². The van der Waals surface area contributed by atoms with Gasteiger partial charge >= 0.3 is 0 Å². The van der Waals surface area contributed by atoms with Crippen LogP contribution in [0.4, 0.5) is 0 Å².